The molecule has 0 aromatic carbocycles. The van der Waals surface area contributed by atoms with Crippen molar-refractivity contribution in [1.82, 2.24) is 24.7 Å². The van der Waals surface area contributed by atoms with Gasteiger partial charge in [-0.3, -0.25) is 4.98 Å². The molecule has 0 saturated carbocycles. The largest absolute Gasteiger partial charge is 0.377 e. The van der Waals surface area contributed by atoms with Crippen molar-refractivity contribution in [3.63, 3.8) is 0 Å². The standard InChI is InChI=1S/C23H26N6O2/c1-15-14-30-13-11-28(15)23-17-6-9-24-20(17)16-5-8-25-22(21(16)27-23)18-7-10-26-29(18)19-4-2-3-12-31-19/h5-10,15,19,24H,2-4,11-14H2,1H3/t15-,19?/m1/s1. The number of anilines is 1. The predicted molar refractivity (Wildman–Crippen MR) is 119 cm³/mol. The van der Waals surface area contributed by atoms with E-state index in [0.717, 1.165) is 71.4 Å². The Morgan fingerprint density at radius 1 is 1.10 bits per heavy atom. The molecule has 2 aliphatic rings. The van der Waals surface area contributed by atoms with Gasteiger partial charge in [0, 0.05) is 42.5 Å². The van der Waals surface area contributed by atoms with E-state index in [9.17, 15) is 0 Å². The van der Waals surface area contributed by atoms with Gasteiger partial charge in [-0.15, -0.1) is 0 Å². The quantitative estimate of drug-likeness (QED) is 0.544. The molecule has 0 bridgehead atoms. The number of fused-ring (bicyclic) bond motifs is 3. The van der Waals surface area contributed by atoms with Crippen LogP contribution in [0.1, 0.15) is 32.4 Å². The zero-order chi connectivity index (χ0) is 20.8. The highest BCUT2D eigenvalue weighted by atomic mass is 16.5. The molecular weight excluding hydrogens is 392 g/mol. The number of hydrogen-bond donors (Lipinski definition) is 1. The van der Waals surface area contributed by atoms with Gasteiger partial charge in [-0.2, -0.15) is 5.10 Å². The van der Waals surface area contributed by atoms with Crippen molar-refractivity contribution in [3.8, 4) is 11.4 Å². The smallest absolute Gasteiger partial charge is 0.150 e. The number of nitrogens with zero attached hydrogens (tertiary/aromatic N) is 5. The summed E-state index contributed by atoms with van der Waals surface area (Å²) in [6.45, 7) is 5.19. The molecule has 2 fully saturated rings. The average Bonchev–Trinajstić information content (AvgIpc) is 3.49. The van der Waals surface area contributed by atoms with Crippen LogP contribution in [0.25, 0.3) is 33.2 Å². The van der Waals surface area contributed by atoms with Crippen LogP contribution in [0.15, 0.2) is 36.8 Å². The molecule has 2 saturated heterocycles. The number of H-pyrrole nitrogens is 1. The van der Waals surface area contributed by atoms with Gasteiger partial charge in [-0.1, -0.05) is 0 Å². The SMILES string of the molecule is C[C@@H]1COCCN1c1nc2c(-c3ccnn3C3CCCCO3)nccc2c2[nH]ccc12. The molecule has 8 heteroatoms. The van der Waals surface area contributed by atoms with E-state index in [1.165, 1.54) is 0 Å². The van der Waals surface area contributed by atoms with E-state index in [2.05, 4.69) is 28.0 Å². The fourth-order valence-electron chi connectivity index (χ4n) is 4.81. The van der Waals surface area contributed by atoms with Crippen LogP contribution in [0.3, 0.4) is 0 Å². The molecule has 6 heterocycles. The molecule has 6 rings (SSSR count). The summed E-state index contributed by atoms with van der Waals surface area (Å²) < 4.78 is 13.6. The van der Waals surface area contributed by atoms with E-state index in [1.807, 2.05) is 35.4 Å². The number of rotatable bonds is 3. The molecule has 160 valence electrons. The van der Waals surface area contributed by atoms with Crippen molar-refractivity contribution in [3.05, 3.63) is 36.8 Å². The highest BCUT2D eigenvalue weighted by molar-refractivity contribution is 6.11. The summed E-state index contributed by atoms with van der Waals surface area (Å²) in [5.41, 5.74) is 3.74. The summed E-state index contributed by atoms with van der Waals surface area (Å²) in [5.74, 6) is 0.980. The molecule has 1 N–H and O–H groups in total. The first-order chi connectivity index (χ1) is 15.3. The second kappa shape index (κ2) is 7.62. The molecule has 31 heavy (non-hydrogen) atoms. The number of nitrogens with one attached hydrogen (secondary N) is 1. The second-order valence-electron chi connectivity index (χ2n) is 8.36. The lowest BCUT2D eigenvalue weighted by Crippen LogP contribution is -2.44. The van der Waals surface area contributed by atoms with Crippen LogP contribution in [0.4, 0.5) is 5.82 Å². The molecule has 0 radical (unpaired) electrons. The van der Waals surface area contributed by atoms with Gasteiger partial charge in [-0.05, 0) is 44.4 Å². The van der Waals surface area contributed by atoms with Crippen molar-refractivity contribution in [1.29, 1.82) is 0 Å². The van der Waals surface area contributed by atoms with Crippen LogP contribution in [0.2, 0.25) is 0 Å². The first kappa shape index (κ1) is 18.8. The lowest BCUT2D eigenvalue weighted by molar-refractivity contribution is -0.0383. The highest BCUT2D eigenvalue weighted by Gasteiger charge is 2.26. The number of hydrogen-bond acceptors (Lipinski definition) is 6. The molecule has 2 atom stereocenters. The Kier molecular flexibility index (Phi) is 4.61. The molecule has 2 aliphatic heterocycles. The third kappa shape index (κ3) is 3.09. The van der Waals surface area contributed by atoms with Crippen LogP contribution >= 0.6 is 0 Å². The molecule has 0 aliphatic carbocycles. The first-order valence-electron chi connectivity index (χ1n) is 11.1. The van der Waals surface area contributed by atoms with Gasteiger partial charge in [0.15, 0.2) is 6.23 Å². The fraction of sp³-hybridized carbons (Fsp3) is 0.435. The zero-order valence-electron chi connectivity index (χ0n) is 17.6. The number of aromatic amines is 1. The summed E-state index contributed by atoms with van der Waals surface area (Å²) in [4.78, 5) is 15.7. The lowest BCUT2D eigenvalue weighted by atomic mass is 10.1. The Hall–Kier alpha value is -2.97. The van der Waals surface area contributed by atoms with Gasteiger partial charge in [0.2, 0.25) is 0 Å². The van der Waals surface area contributed by atoms with Crippen molar-refractivity contribution in [2.45, 2.75) is 38.5 Å². The summed E-state index contributed by atoms with van der Waals surface area (Å²) in [7, 11) is 0. The van der Waals surface area contributed by atoms with Crippen LogP contribution in [-0.4, -0.2) is 57.1 Å². The Labute approximate surface area is 180 Å². The number of ether oxygens (including phenoxy) is 2. The fourth-order valence-corrected chi connectivity index (χ4v) is 4.81. The van der Waals surface area contributed by atoms with Gasteiger partial charge < -0.3 is 19.4 Å². The molecule has 0 spiro atoms. The van der Waals surface area contributed by atoms with Crippen LogP contribution in [-0.2, 0) is 9.47 Å². The van der Waals surface area contributed by atoms with Gasteiger partial charge in [0.25, 0.3) is 0 Å². The van der Waals surface area contributed by atoms with Crippen LogP contribution < -0.4 is 4.90 Å². The lowest BCUT2D eigenvalue weighted by Gasteiger charge is -2.35. The van der Waals surface area contributed by atoms with E-state index in [0.29, 0.717) is 13.2 Å². The molecule has 1 unspecified atom stereocenters. The van der Waals surface area contributed by atoms with E-state index in [4.69, 9.17) is 19.4 Å². The summed E-state index contributed by atoms with van der Waals surface area (Å²) in [5, 5.41) is 6.78. The van der Waals surface area contributed by atoms with Gasteiger partial charge in [0.1, 0.15) is 17.0 Å². The monoisotopic (exact) mass is 418 g/mol. The number of morpholine rings is 1. The Bertz CT molecular complexity index is 1230. The van der Waals surface area contributed by atoms with E-state index >= 15 is 0 Å². The third-order valence-electron chi connectivity index (χ3n) is 6.38. The summed E-state index contributed by atoms with van der Waals surface area (Å²) in [6, 6.07) is 6.42. The van der Waals surface area contributed by atoms with Crippen molar-refractivity contribution < 1.29 is 9.47 Å². The summed E-state index contributed by atoms with van der Waals surface area (Å²) in [6.07, 6.45) is 8.83. The second-order valence-corrected chi connectivity index (χ2v) is 8.36. The normalized spacial score (nSPS) is 22.4. The Morgan fingerprint density at radius 2 is 2.06 bits per heavy atom. The number of pyridine rings is 2. The maximum atomic E-state index is 6.01. The van der Waals surface area contributed by atoms with Crippen molar-refractivity contribution in [2.24, 2.45) is 0 Å². The number of aromatic nitrogens is 5. The maximum Gasteiger partial charge on any atom is 0.150 e. The minimum Gasteiger partial charge on any atom is -0.377 e. The van der Waals surface area contributed by atoms with Gasteiger partial charge in [0.05, 0.1) is 30.5 Å². The first-order valence-corrected chi connectivity index (χ1v) is 11.1. The molecule has 4 aromatic heterocycles. The summed E-state index contributed by atoms with van der Waals surface area (Å²) >= 11 is 0. The van der Waals surface area contributed by atoms with E-state index < -0.39 is 0 Å². The Morgan fingerprint density at radius 3 is 2.94 bits per heavy atom. The van der Waals surface area contributed by atoms with Gasteiger partial charge in [-0.25, -0.2) is 9.67 Å². The minimum atomic E-state index is -0.0521. The minimum absolute atomic E-state index is 0.0521. The van der Waals surface area contributed by atoms with Crippen molar-refractivity contribution >= 4 is 27.6 Å². The van der Waals surface area contributed by atoms with E-state index in [1.54, 1.807) is 0 Å². The molecule has 8 nitrogen and oxygen atoms in total. The highest BCUT2D eigenvalue weighted by Crippen LogP contribution is 2.36. The third-order valence-corrected chi connectivity index (χ3v) is 6.38. The van der Waals surface area contributed by atoms with Crippen LogP contribution in [0.5, 0.6) is 0 Å². The molecule has 4 aromatic rings. The zero-order valence-corrected chi connectivity index (χ0v) is 17.6. The topological polar surface area (TPSA) is 81.1 Å². The van der Waals surface area contributed by atoms with Crippen LogP contribution in [0, 0.1) is 0 Å². The van der Waals surface area contributed by atoms with Crippen molar-refractivity contribution in [2.75, 3.05) is 31.3 Å². The van der Waals surface area contributed by atoms with Gasteiger partial charge >= 0.3 is 0 Å². The Balaban J connectivity index is 1.56. The average molecular weight is 419 g/mol. The maximum absolute atomic E-state index is 6.01. The molecule has 0 amide bonds. The van der Waals surface area contributed by atoms with E-state index in [-0.39, 0.29) is 12.3 Å². The molecular formula is C23H26N6O2. The predicted octanol–water partition coefficient (Wildman–Crippen LogP) is 3.90.